The molecule has 1 aromatic rings. The first-order valence-corrected chi connectivity index (χ1v) is 6.69. The van der Waals surface area contributed by atoms with E-state index in [9.17, 15) is 0 Å². The second kappa shape index (κ2) is 5.65. The molecule has 2 heteroatoms. The van der Waals surface area contributed by atoms with Crippen LogP contribution < -0.4 is 5.32 Å². The third-order valence-electron chi connectivity index (χ3n) is 3.70. The zero-order valence-electron chi connectivity index (χ0n) is 11.0. The normalized spacial score (nSPS) is 25.5. The van der Waals surface area contributed by atoms with Gasteiger partial charge in [-0.05, 0) is 57.3 Å². The molecule has 0 amide bonds. The topological polar surface area (TPSA) is 21.3 Å². The number of benzene rings is 1. The molecule has 0 radical (unpaired) electrons. The molecule has 1 saturated heterocycles. The minimum Gasteiger partial charge on any atom is -0.371 e. The lowest BCUT2D eigenvalue weighted by molar-refractivity contribution is -0.0539. The summed E-state index contributed by atoms with van der Waals surface area (Å²) in [5.74, 6) is 0. The van der Waals surface area contributed by atoms with Crippen molar-refractivity contribution in [3.8, 4) is 0 Å². The van der Waals surface area contributed by atoms with Crippen LogP contribution in [0.2, 0.25) is 0 Å². The van der Waals surface area contributed by atoms with Gasteiger partial charge in [0.25, 0.3) is 0 Å². The molecule has 1 atom stereocenters. The molecule has 17 heavy (non-hydrogen) atoms. The molecule has 94 valence electrons. The highest BCUT2D eigenvalue weighted by molar-refractivity contribution is 5.31. The highest BCUT2D eigenvalue weighted by atomic mass is 16.5. The maximum absolute atomic E-state index is 6.18. The Labute approximate surface area is 104 Å². The fourth-order valence-corrected chi connectivity index (χ4v) is 2.89. The van der Waals surface area contributed by atoms with Crippen LogP contribution in [0.4, 0.5) is 0 Å². The van der Waals surface area contributed by atoms with Crippen molar-refractivity contribution in [3.63, 3.8) is 0 Å². The lowest BCUT2D eigenvalue weighted by atomic mass is 9.84. The number of aryl methyl sites for hydroxylation is 1. The molecule has 1 fully saturated rings. The molecule has 1 aliphatic rings. The lowest BCUT2D eigenvalue weighted by Crippen LogP contribution is -2.32. The SMILES string of the molecule is CCOC1(c2ccccc2C)CCCNCC1. The molecule has 0 saturated carbocycles. The van der Waals surface area contributed by atoms with Gasteiger partial charge >= 0.3 is 0 Å². The summed E-state index contributed by atoms with van der Waals surface area (Å²) in [7, 11) is 0. The molecule has 1 aromatic carbocycles. The Bertz CT molecular complexity index is 354. The third-order valence-corrected chi connectivity index (χ3v) is 3.70. The lowest BCUT2D eigenvalue weighted by Gasteiger charge is -2.34. The zero-order valence-corrected chi connectivity index (χ0v) is 11.0. The number of hydrogen-bond donors (Lipinski definition) is 1. The van der Waals surface area contributed by atoms with E-state index in [1.807, 2.05) is 0 Å². The van der Waals surface area contributed by atoms with Crippen molar-refractivity contribution < 1.29 is 4.74 Å². The van der Waals surface area contributed by atoms with Crippen LogP contribution in [-0.2, 0) is 10.3 Å². The molecule has 1 unspecified atom stereocenters. The van der Waals surface area contributed by atoms with Crippen LogP contribution in [-0.4, -0.2) is 19.7 Å². The van der Waals surface area contributed by atoms with Gasteiger partial charge in [-0.2, -0.15) is 0 Å². The molecule has 1 aliphatic heterocycles. The van der Waals surface area contributed by atoms with E-state index in [0.29, 0.717) is 0 Å². The summed E-state index contributed by atoms with van der Waals surface area (Å²) in [5, 5.41) is 3.47. The average molecular weight is 233 g/mol. The van der Waals surface area contributed by atoms with Crippen molar-refractivity contribution in [3.05, 3.63) is 35.4 Å². The number of rotatable bonds is 3. The Hall–Kier alpha value is -0.860. The minimum absolute atomic E-state index is 0.0659. The van der Waals surface area contributed by atoms with Crippen molar-refractivity contribution >= 4 is 0 Å². The fourth-order valence-electron chi connectivity index (χ4n) is 2.89. The van der Waals surface area contributed by atoms with E-state index in [0.717, 1.165) is 32.5 Å². The van der Waals surface area contributed by atoms with Crippen LogP contribution in [0.25, 0.3) is 0 Å². The molecule has 0 bridgehead atoms. The van der Waals surface area contributed by atoms with Crippen LogP contribution in [0.15, 0.2) is 24.3 Å². The number of ether oxygens (including phenoxy) is 1. The van der Waals surface area contributed by atoms with Gasteiger partial charge in [-0.15, -0.1) is 0 Å². The summed E-state index contributed by atoms with van der Waals surface area (Å²) < 4.78 is 6.18. The van der Waals surface area contributed by atoms with Crippen LogP contribution in [0.5, 0.6) is 0 Å². The van der Waals surface area contributed by atoms with E-state index < -0.39 is 0 Å². The van der Waals surface area contributed by atoms with E-state index in [2.05, 4.69) is 43.4 Å². The first kappa shape index (κ1) is 12.6. The summed E-state index contributed by atoms with van der Waals surface area (Å²) in [6.45, 7) is 7.23. The maximum atomic E-state index is 6.18. The molecule has 2 nitrogen and oxygen atoms in total. The zero-order chi connectivity index (χ0) is 12.1. The van der Waals surface area contributed by atoms with Crippen LogP contribution in [0.1, 0.15) is 37.3 Å². The molecule has 2 rings (SSSR count). The summed E-state index contributed by atoms with van der Waals surface area (Å²) >= 11 is 0. The van der Waals surface area contributed by atoms with Gasteiger partial charge in [-0.25, -0.2) is 0 Å². The summed E-state index contributed by atoms with van der Waals surface area (Å²) in [6.07, 6.45) is 3.39. The van der Waals surface area contributed by atoms with Gasteiger partial charge in [0, 0.05) is 6.61 Å². The van der Waals surface area contributed by atoms with Crippen LogP contribution in [0, 0.1) is 6.92 Å². The van der Waals surface area contributed by atoms with Gasteiger partial charge in [-0.3, -0.25) is 0 Å². The third kappa shape index (κ3) is 2.70. The van der Waals surface area contributed by atoms with Crippen molar-refractivity contribution in [1.82, 2.24) is 5.32 Å². The van der Waals surface area contributed by atoms with Gasteiger partial charge in [0.15, 0.2) is 0 Å². The maximum Gasteiger partial charge on any atom is 0.0946 e. The van der Waals surface area contributed by atoms with Crippen molar-refractivity contribution in [2.45, 2.75) is 38.7 Å². The monoisotopic (exact) mass is 233 g/mol. The Kier molecular flexibility index (Phi) is 4.19. The Balaban J connectivity index is 2.35. The smallest absolute Gasteiger partial charge is 0.0946 e. The summed E-state index contributed by atoms with van der Waals surface area (Å²) in [6, 6.07) is 8.65. The molecular weight excluding hydrogens is 210 g/mol. The predicted octanol–water partition coefficient (Wildman–Crippen LogP) is 3.00. The van der Waals surface area contributed by atoms with Gasteiger partial charge in [-0.1, -0.05) is 24.3 Å². The molecule has 0 aromatic heterocycles. The second-order valence-corrected chi connectivity index (χ2v) is 4.85. The van der Waals surface area contributed by atoms with Crippen molar-refractivity contribution in [2.75, 3.05) is 19.7 Å². The van der Waals surface area contributed by atoms with E-state index in [1.165, 1.54) is 17.5 Å². The van der Waals surface area contributed by atoms with Gasteiger partial charge in [0.05, 0.1) is 5.60 Å². The quantitative estimate of drug-likeness (QED) is 0.866. The largest absolute Gasteiger partial charge is 0.371 e. The molecule has 1 N–H and O–H groups in total. The number of hydrogen-bond acceptors (Lipinski definition) is 2. The van der Waals surface area contributed by atoms with Gasteiger partial charge < -0.3 is 10.1 Å². The highest BCUT2D eigenvalue weighted by Crippen LogP contribution is 2.37. The second-order valence-electron chi connectivity index (χ2n) is 4.85. The standard InChI is InChI=1S/C15H23NO/c1-3-17-15(9-6-11-16-12-10-15)14-8-5-4-7-13(14)2/h4-5,7-8,16H,3,6,9-12H2,1-2H3. The minimum atomic E-state index is -0.0659. The molecule has 1 heterocycles. The predicted molar refractivity (Wildman–Crippen MR) is 71.2 cm³/mol. The summed E-state index contributed by atoms with van der Waals surface area (Å²) in [5.41, 5.74) is 2.66. The Morgan fingerprint density at radius 2 is 2.06 bits per heavy atom. The Morgan fingerprint density at radius 3 is 2.82 bits per heavy atom. The van der Waals surface area contributed by atoms with Gasteiger partial charge in [0.2, 0.25) is 0 Å². The molecular formula is C15H23NO. The average Bonchev–Trinajstić information content (AvgIpc) is 2.57. The van der Waals surface area contributed by atoms with E-state index in [1.54, 1.807) is 0 Å². The molecule has 0 spiro atoms. The Morgan fingerprint density at radius 1 is 1.24 bits per heavy atom. The fraction of sp³-hybridized carbons (Fsp3) is 0.600. The summed E-state index contributed by atoms with van der Waals surface area (Å²) in [4.78, 5) is 0. The van der Waals surface area contributed by atoms with Crippen LogP contribution in [0.3, 0.4) is 0 Å². The van der Waals surface area contributed by atoms with Crippen molar-refractivity contribution in [2.24, 2.45) is 0 Å². The first-order chi connectivity index (χ1) is 8.28. The number of nitrogens with one attached hydrogen (secondary N) is 1. The molecule has 0 aliphatic carbocycles. The van der Waals surface area contributed by atoms with Gasteiger partial charge in [0.1, 0.15) is 0 Å². The van der Waals surface area contributed by atoms with Crippen molar-refractivity contribution in [1.29, 1.82) is 0 Å². The van der Waals surface area contributed by atoms with E-state index in [-0.39, 0.29) is 5.60 Å². The first-order valence-electron chi connectivity index (χ1n) is 6.69. The highest BCUT2D eigenvalue weighted by Gasteiger charge is 2.34. The van der Waals surface area contributed by atoms with E-state index >= 15 is 0 Å². The van der Waals surface area contributed by atoms with E-state index in [4.69, 9.17) is 4.74 Å². The van der Waals surface area contributed by atoms with Crippen LogP contribution >= 0.6 is 0 Å².